The second kappa shape index (κ2) is 7.49. The van der Waals surface area contributed by atoms with E-state index >= 15 is 0 Å². The summed E-state index contributed by atoms with van der Waals surface area (Å²) in [7, 11) is 0. The molecule has 1 unspecified atom stereocenters. The van der Waals surface area contributed by atoms with Gasteiger partial charge in [0.15, 0.2) is 0 Å². The number of rotatable bonds is 8. The topological polar surface area (TPSA) is 30.9 Å². The molecule has 0 bridgehead atoms. The van der Waals surface area contributed by atoms with Crippen molar-refractivity contribution in [3.8, 4) is 0 Å². The van der Waals surface area contributed by atoms with Gasteiger partial charge in [-0.25, -0.2) is 0 Å². The molecule has 2 nitrogen and oxygen atoms in total. The second-order valence-corrected chi connectivity index (χ2v) is 5.79. The van der Waals surface area contributed by atoms with Crippen molar-refractivity contribution >= 4 is 10.9 Å². The normalized spacial score (nSPS) is 12.9. The van der Waals surface area contributed by atoms with E-state index in [1.54, 1.807) is 0 Å². The Morgan fingerprint density at radius 3 is 2.70 bits per heavy atom. The zero-order valence-electron chi connectivity index (χ0n) is 12.9. The van der Waals surface area contributed by atoms with Crippen LogP contribution in [0, 0.1) is 0 Å². The van der Waals surface area contributed by atoms with Crippen molar-refractivity contribution in [3.63, 3.8) is 0 Å². The molecule has 110 valence electrons. The van der Waals surface area contributed by atoms with Gasteiger partial charge in [-0.2, -0.15) is 0 Å². The molecule has 1 atom stereocenters. The molecule has 0 spiro atoms. The Morgan fingerprint density at radius 2 is 1.95 bits per heavy atom. The zero-order chi connectivity index (χ0) is 14.4. The predicted molar refractivity (Wildman–Crippen MR) is 88.1 cm³/mol. The van der Waals surface area contributed by atoms with Gasteiger partial charge in [0.2, 0.25) is 0 Å². The van der Waals surface area contributed by atoms with E-state index < -0.39 is 0 Å². The summed E-state index contributed by atoms with van der Waals surface area (Å²) in [6, 6.07) is 9.15. The number of benzene rings is 1. The molecule has 20 heavy (non-hydrogen) atoms. The molecule has 0 aliphatic rings. The molecule has 0 saturated carbocycles. The lowest BCUT2D eigenvalue weighted by atomic mass is 10.0. The molecule has 1 aromatic carbocycles. The number of hydrogen-bond donors (Lipinski definition) is 1. The second-order valence-electron chi connectivity index (χ2n) is 5.79. The summed E-state index contributed by atoms with van der Waals surface area (Å²) >= 11 is 0. The van der Waals surface area contributed by atoms with Crippen molar-refractivity contribution in [2.75, 3.05) is 0 Å². The van der Waals surface area contributed by atoms with Crippen LogP contribution in [-0.2, 0) is 13.0 Å². The minimum atomic E-state index is 0.272. The Hall–Kier alpha value is -1.28. The maximum atomic E-state index is 6.11. The molecule has 0 aliphatic heterocycles. The van der Waals surface area contributed by atoms with E-state index in [4.69, 9.17) is 5.73 Å². The van der Waals surface area contributed by atoms with Gasteiger partial charge in [-0.1, -0.05) is 45.2 Å². The van der Waals surface area contributed by atoms with Gasteiger partial charge in [0.1, 0.15) is 0 Å². The van der Waals surface area contributed by atoms with Crippen LogP contribution in [0.3, 0.4) is 0 Å². The monoisotopic (exact) mass is 272 g/mol. The minimum Gasteiger partial charge on any atom is -0.347 e. The van der Waals surface area contributed by atoms with Crippen LogP contribution < -0.4 is 5.73 Å². The van der Waals surface area contributed by atoms with E-state index in [1.165, 1.54) is 42.1 Å². The quantitative estimate of drug-likeness (QED) is 0.705. The summed E-state index contributed by atoms with van der Waals surface area (Å²) < 4.78 is 2.39. The van der Waals surface area contributed by atoms with Gasteiger partial charge in [-0.05, 0) is 37.0 Å². The van der Waals surface area contributed by atoms with E-state index in [9.17, 15) is 0 Å². The van der Waals surface area contributed by atoms with Crippen LogP contribution in [0.25, 0.3) is 10.9 Å². The van der Waals surface area contributed by atoms with Gasteiger partial charge < -0.3 is 10.3 Å². The van der Waals surface area contributed by atoms with Crippen LogP contribution in [0.15, 0.2) is 30.5 Å². The van der Waals surface area contributed by atoms with Gasteiger partial charge >= 0.3 is 0 Å². The zero-order valence-corrected chi connectivity index (χ0v) is 12.9. The van der Waals surface area contributed by atoms with Gasteiger partial charge in [0.25, 0.3) is 0 Å². The number of nitrogens with zero attached hydrogens (tertiary/aromatic N) is 1. The highest BCUT2D eigenvalue weighted by Crippen LogP contribution is 2.22. The van der Waals surface area contributed by atoms with Crippen molar-refractivity contribution < 1.29 is 0 Å². The fourth-order valence-corrected chi connectivity index (χ4v) is 2.80. The Labute approximate surface area is 123 Å². The SMILES string of the molecule is CCCCCCn1ccc2c(CC(N)CC)cccc21. The summed E-state index contributed by atoms with van der Waals surface area (Å²) in [5.74, 6) is 0. The maximum Gasteiger partial charge on any atom is 0.0483 e. The van der Waals surface area contributed by atoms with Crippen LogP contribution in [0.5, 0.6) is 0 Å². The Morgan fingerprint density at radius 1 is 1.10 bits per heavy atom. The van der Waals surface area contributed by atoms with Gasteiger partial charge in [-0.15, -0.1) is 0 Å². The molecular weight excluding hydrogens is 244 g/mol. The summed E-state index contributed by atoms with van der Waals surface area (Å²) in [4.78, 5) is 0. The molecule has 0 radical (unpaired) electrons. The number of aryl methyl sites for hydroxylation is 1. The predicted octanol–water partition coefficient (Wildman–Crippen LogP) is 4.50. The molecule has 0 amide bonds. The largest absolute Gasteiger partial charge is 0.347 e. The van der Waals surface area contributed by atoms with Crippen molar-refractivity contribution in [2.45, 2.75) is 65.0 Å². The molecule has 2 aromatic rings. The average Bonchev–Trinajstić information content (AvgIpc) is 2.88. The minimum absolute atomic E-state index is 0.272. The van der Waals surface area contributed by atoms with Crippen molar-refractivity contribution in [3.05, 3.63) is 36.0 Å². The first-order chi connectivity index (χ1) is 9.76. The van der Waals surface area contributed by atoms with Crippen LogP contribution in [0.1, 0.15) is 51.5 Å². The number of fused-ring (bicyclic) bond motifs is 1. The van der Waals surface area contributed by atoms with E-state index in [0.29, 0.717) is 0 Å². The highest BCUT2D eigenvalue weighted by Gasteiger charge is 2.08. The standard InChI is InChI=1S/C18H28N2/c1-3-5-6-7-12-20-13-11-17-15(14-16(19)4-2)9-8-10-18(17)20/h8-11,13,16H,3-7,12,14,19H2,1-2H3. The van der Waals surface area contributed by atoms with E-state index in [2.05, 4.69) is 48.9 Å². The average molecular weight is 272 g/mol. The number of nitrogens with two attached hydrogens (primary N) is 1. The third kappa shape index (κ3) is 3.63. The van der Waals surface area contributed by atoms with E-state index in [1.807, 2.05) is 0 Å². The fraction of sp³-hybridized carbons (Fsp3) is 0.556. The number of aromatic nitrogens is 1. The molecule has 0 aliphatic carbocycles. The summed E-state index contributed by atoms with van der Waals surface area (Å²) in [5, 5.41) is 1.38. The third-order valence-electron chi connectivity index (χ3n) is 4.16. The van der Waals surface area contributed by atoms with Gasteiger partial charge in [0.05, 0.1) is 0 Å². The molecule has 1 heterocycles. The lowest BCUT2D eigenvalue weighted by Gasteiger charge is -2.11. The third-order valence-corrected chi connectivity index (χ3v) is 4.16. The first-order valence-electron chi connectivity index (χ1n) is 8.08. The lowest BCUT2D eigenvalue weighted by molar-refractivity contribution is 0.593. The molecule has 0 saturated heterocycles. The van der Waals surface area contributed by atoms with Crippen LogP contribution in [-0.4, -0.2) is 10.6 Å². The van der Waals surface area contributed by atoms with E-state index in [0.717, 1.165) is 19.4 Å². The summed E-state index contributed by atoms with van der Waals surface area (Å²) in [6.07, 6.45) is 9.49. The molecule has 2 N–H and O–H groups in total. The maximum absolute atomic E-state index is 6.11. The Kier molecular flexibility index (Phi) is 5.66. The molecule has 0 fully saturated rings. The van der Waals surface area contributed by atoms with Gasteiger partial charge in [-0.3, -0.25) is 0 Å². The Bertz CT molecular complexity index is 527. The lowest BCUT2D eigenvalue weighted by Crippen LogP contribution is -2.21. The smallest absolute Gasteiger partial charge is 0.0483 e. The summed E-state index contributed by atoms with van der Waals surface area (Å²) in [6.45, 7) is 5.55. The van der Waals surface area contributed by atoms with Crippen LogP contribution >= 0.6 is 0 Å². The van der Waals surface area contributed by atoms with Crippen LogP contribution in [0.2, 0.25) is 0 Å². The molecule has 1 aromatic heterocycles. The van der Waals surface area contributed by atoms with Crippen molar-refractivity contribution in [1.29, 1.82) is 0 Å². The highest BCUT2D eigenvalue weighted by atomic mass is 14.9. The molecule has 2 heteroatoms. The van der Waals surface area contributed by atoms with Crippen LogP contribution in [0.4, 0.5) is 0 Å². The first kappa shape index (κ1) is 15.1. The molecule has 2 rings (SSSR count). The van der Waals surface area contributed by atoms with Crippen molar-refractivity contribution in [1.82, 2.24) is 4.57 Å². The first-order valence-corrected chi connectivity index (χ1v) is 8.08. The highest BCUT2D eigenvalue weighted by molar-refractivity contribution is 5.83. The number of hydrogen-bond acceptors (Lipinski definition) is 1. The Balaban J connectivity index is 2.12. The van der Waals surface area contributed by atoms with Crippen molar-refractivity contribution in [2.24, 2.45) is 5.73 Å². The number of unbranched alkanes of at least 4 members (excludes halogenated alkanes) is 3. The molecular formula is C18H28N2. The van der Waals surface area contributed by atoms with Gasteiger partial charge in [0, 0.05) is 29.7 Å². The summed E-state index contributed by atoms with van der Waals surface area (Å²) in [5.41, 5.74) is 8.87. The van der Waals surface area contributed by atoms with E-state index in [-0.39, 0.29) is 6.04 Å². The fourth-order valence-electron chi connectivity index (χ4n) is 2.80.